The van der Waals surface area contributed by atoms with E-state index in [1.807, 2.05) is 24.3 Å². The minimum atomic E-state index is -0.0584. The lowest BCUT2D eigenvalue weighted by Crippen LogP contribution is -2.29. The largest absolute Gasteiger partial charge is 0.500 e. The number of hydrogen-bond donors (Lipinski definition) is 0. The third-order valence-electron chi connectivity index (χ3n) is 5.91. The van der Waals surface area contributed by atoms with Crippen LogP contribution in [0.4, 0.5) is 0 Å². The maximum atomic E-state index is 13.3. The van der Waals surface area contributed by atoms with E-state index in [2.05, 4.69) is 13.0 Å². The van der Waals surface area contributed by atoms with Crippen LogP contribution in [0.2, 0.25) is 5.02 Å². The molecule has 0 N–H and O–H groups in total. The molecule has 0 amide bonds. The van der Waals surface area contributed by atoms with Crippen molar-refractivity contribution in [2.75, 3.05) is 7.11 Å². The van der Waals surface area contributed by atoms with Gasteiger partial charge < -0.3 is 9.47 Å². The summed E-state index contributed by atoms with van der Waals surface area (Å²) in [7, 11) is 1.68. The van der Waals surface area contributed by atoms with Gasteiger partial charge in [-0.2, -0.15) is 0 Å². The van der Waals surface area contributed by atoms with Gasteiger partial charge in [-0.25, -0.2) is 0 Å². The normalized spacial score (nSPS) is 29.6. The van der Waals surface area contributed by atoms with E-state index in [1.54, 1.807) is 18.4 Å². The van der Waals surface area contributed by atoms with Gasteiger partial charge in [-0.1, -0.05) is 23.7 Å². The van der Waals surface area contributed by atoms with Crippen molar-refractivity contribution in [2.45, 2.75) is 32.0 Å². The summed E-state index contributed by atoms with van der Waals surface area (Å²) < 4.78 is 11.8. The van der Waals surface area contributed by atoms with Crippen LogP contribution >= 0.6 is 22.9 Å². The smallest absolute Gasteiger partial charge is 0.173 e. The maximum absolute atomic E-state index is 13.3. The van der Waals surface area contributed by atoms with Gasteiger partial charge in [0.05, 0.1) is 36.7 Å². The monoisotopic (exact) mass is 386 g/mol. The van der Waals surface area contributed by atoms with Crippen molar-refractivity contribution in [3.63, 3.8) is 0 Å². The molecule has 26 heavy (non-hydrogen) atoms. The van der Waals surface area contributed by atoms with Gasteiger partial charge in [0.2, 0.25) is 0 Å². The first kappa shape index (κ1) is 16.5. The molecule has 2 fully saturated rings. The lowest BCUT2D eigenvalue weighted by Gasteiger charge is -2.21. The quantitative estimate of drug-likeness (QED) is 0.735. The second-order valence-corrected chi connectivity index (χ2v) is 8.93. The molecule has 3 heterocycles. The van der Waals surface area contributed by atoms with Crippen LogP contribution in [0.25, 0.3) is 16.0 Å². The Morgan fingerprint density at radius 3 is 2.54 bits per heavy atom. The van der Waals surface area contributed by atoms with Gasteiger partial charge in [0.1, 0.15) is 5.76 Å². The molecule has 3 aliphatic rings. The molecule has 2 aromatic rings. The Hall–Kier alpha value is -1.62. The molecule has 2 bridgehead atoms. The number of Topliss-reactive ketones (excluding diaryl/α,β-unsaturated/α-hetero) is 1. The molecule has 1 aromatic heterocycles. The number of ketones is 1. The molecule has 2 saturated heterocycles. The fourth-order valence-corrected chi connectivity index (χ4v) is 5.95. The molecule has 0 saturated carbocycles. The van der Waals surface area contributed by atoms with Gasteiger partial charge in [-0.05, 0) is 43.5 Å². The van der Waals surface area contributed by atoms with Crippen molar-refractivity contribution in [1.29, 1.82) is 0 Å². The van der Waals surface area contributed by atoms with E-state index in [0.717, 1.165) is 50.1 Å². The minimum absolute atomic E-state index is 0.0584. The Morgan fingerprint density at radius 2 is 1.85 bits per heavy atom. The summed E-state index contributed by atoms with van der Waals surface area (Å²) in [6.45, 7) is 2.08. The number of rotatable bonds is 3. The van der Waals surface area contributed by atoms with Gasteiger partial charge in [0.25, 0.3) is 0 Å². The van der Waals surface area contributed by atoms with Crippen molar-refractivity contribution in [2.24, 2.45) is 11.8 Å². The van der Waals surface area contributed by atoms with Crippen molar-refractivity contribution in [3.05, 3.63) is 51.6 Å². The zero-order valence-corrected chi connectivity index (χ0v) is 16.2. The Kier molecular flexibility index (Phi) is 3.78. The molecule has 2 aliphatic heterocycles. The molecule has 5 heteroatoms. The summed E-state index contributed by atoms with van der Waals surface area (Å²) in [5.74, 6) is 1.06. The third-order valence-corrected chi connectivity index (χ3v) is 7.26. The maximum Gasteiger partial charge on any atom is 0.173 e. The number of methoxy groups -OCH3 is 1. The lowest BCUT2D eigenvalue weighted by molar-refractivity contribution is -0.118. The molecule has 3 nitrogen and oxygen atoms in total. The molecule has 0 spiro atoms. The van der Waals surface area contributed by atoms with Crippen LogP contribution in [0, 0.1) is 18.8 Å². The second-order valence-electron chi connectivity index (χ2n) is 7.24. The SMILES string of the molecule is COC1=C(c2cc(-c3ccc(Cl)cc3)sc2C)C(=O)[C@@H]2C3CCC(O3)[C@H]12. The average molecular weight is 387 g/mol. The van der Waals surface area contributed by atoms with Crippen molar-refractivity contribution in [3.8, 4) is 10.4 Å². The Bertz CT molecular complexity index is 927. The van der Waals surface area contributed by atoms with Gasteiger partial charge in [0.15, 0.2) is 5.78 Å². The number of halogens is 1. The molecular formula is C21H19ClO3S. The van der Waals surface area contributed by atoms with Gasteiger partial charge in [-0.3, -0.25) is 4.79 Å². The summed E-state index contributed by atoms with van der Waals surface area (Å²) >= 11 is 7.71. The summed E-state index contributed by atoms with van der Waals surface area (Å²) in [6.07, 6.45) is 2.21. The summed E-state index contributed by atoms with van der Waals surface area (Å²) in [6, 6.07) is 9.95. The highest BCUT2D eigenvalue weighted by Gasteiger charge is 2.59. The Labute approximate surface area is 161 Å². The predicted octanol–water partition coefficient (Wildman–Crippen LogP) is 5.11. The van der Waals surface area contributed by atoms with E-state index in [-0.39, 0.29) is 29.8 Å². The number of benzene rings is 1. The number of thiophene rings is 1. The number of aryl methyl sites for hydroxylation is 1. The standard InChI is InChI=1S/C21H19ClO3S/c1-10-13(9-16(26-10)11-3-5-12(22)6-4-11)17-20(23)18-14-7-8-15(25-14)19(18)21(17)24-2/h3-6,9,14-15,18-19H,7-8H2,1-2H3/t14?,15?,18-,19+/m1/s1. The van der Waals surface area contributed by atoms with E-state index in [4.69, 9.17) is 21.1 Å². The van der Waals surface area contributed by atoms with Crippen LogP contribution in [0.1, 0.15) is 23.3 Å². The van der Waals surface area contributed by atoms with Crippen LogP contribution in [-0.2, 0) is 14.3 Å². The van der Waals surface area contributed by atoms with Gasteiger partial charge in [-0.15, -0.1) is 11.3 Å². The number of hydrogen-bond acceptors (Lipinski definition) is 4. The fourth-order valence-electron chi connectivity index (χ4n) is 4.79. The molecule has 0 radical (unpaired) electrons. The number of allylic oxidation sites excluding steroid dienone is 1. The van der Waals surface area contributed by atoms with E-state index in [0.29, 0.717) is 0 Å². The minimum Gasteiger partial charge on any atom is -0.500 e. The van der Waals surface area contributed by atoms with Crippen LogP contribution < -0.4 is 0 Å². The topological polar surface area (TPSA) is 35.5 Å². The van der Waals surface area contributed by atoms with E-state index in [1.165, 1.54) is 0 Å². The van der Waals surface area contributed by atoms with E-state index in [9.17, 15) is 4.79 Å². The number of carbonyl (C=O) groups excluding carboxylic acids is 1. The lowest BCUT2D eigenvalue weighted by atomic mass is 9.80. The first-order valence-electron chi connectivity index (χ1n) is 8.93. The highest BCUT2D eigenvalue weighted by atomic mass is 35.5. The zero-order chi connectivity index (χ0) is 18.0. The zero-order valence-electron chi connectivity index (χ0n) is 14.6. The molecule has 4 atom stereocenters. The first-order valence-corrected chi connectivity index (χ1v) is 10.1. The first-order chi connectivity index (χ1) is 12.6. The van der Waals surface area contributed by atoms with Crippen molar-refractivity contribution in [1.82, 2.24) is 0 Å². The number of ether oxygens (including phenoxy) is 2. The van der Waals surface area contributed by atoms with Gasteiger partial charge >= 0.3 is 0 Å². The van der Waals surface area contributed by atoms with Crippen LogP contribution in [0.5, 0.6) is 0 Å². The Morgan fingerprint density at radius 1 is 1.15 bits per heavy atom. The summed E-state index contributed by atoms with van der Waals surface area (Å²) in [4.78, 5) is 15.5. The van der Waals surface area contributed by atoms with Crippen LogP contribution in [-0.4, -0.2) is 25.1 Å². The third kappa shape index (κ3) is 2.25. The molecule has 1 aliphatic carbocycles. The fraction of sp³-hybridized carbons (Fsp3) is 0.381. The number of fused-ring (bicyclic) bond motifs is 5. The van der Waals surface area contributed by atoms with Crippen LogP contribution in [0.15, 0.2) is 36.1 Å². The van der Waals surface area contributed by atoms with Gasteiger partial charge in [0, 0.05) is 20.3 Å². The van der Waals surface area contributed by atoms with E-state index < -0.39 is 0 Å². The van der Waals surface area contributed by atoms with E-state index >= 15 is 0 Å². The second kappa shape index (κ2) is 5.95. The highest BCUT2D eigenvalue weighted by molar-refractivity contribution is 7.15. The Balaban J connectivity index is 1.60. The molecular weight excluding hydrogens is 368 g/mol. The molecule has 1 aromatic carbocycles. The predicted molar refractivity (Wildman–Crippen MR) is 103 cm³/mol. The van der Waals surface area contributed by atoms with Crippen LogP contribution in [0.3, 0.4) is 0 Å². The highest BCUT2D eigenvalue weighted by Crippen LogP contribution is 2.55. The average Bonchev–Trinajstić information content (AvgIpc) is 3.37. The number of carbonyl (C=O) groups is 1. The molecule has 2 unspecified atom stereocenters. The molecule has 5 rings (SSSR count). The molecule has 134 valence electrons. The summed E-state index contributed by atoms with van der Waals surface area (Å²) in [5.41, 5.74) is 2.90. The summed E-state index contributed by atoms with van der Waals surface area (Å²) in [5, 5.41) is 0.723. The van der Waals surface area contributed by atoms with Crippen molar-refractivity contribution >= 4 is 34.3 Å². The van der Waals surface area contributed by atoms with Crippen molar-refractivity contribution < 1.29 is 14.3 Å².